The summed E-state index contributed by atoms with van der Waals surface area (Å²) in [7, 11) is 3.57. The number of hydrogen-bond acceptors (Lipinski definition) is 4. The molecule has 0 spiro atoms. The van der Waals surface area contributed by atoms with E-state index in [2.05, 4.69) is 10.3 Å². The average Bonchev–Trinajstić information content (AvgIpc) is 2.55. The summed E-state index contributed by atoms with van der Waals surface area (Å²) in [5, 5.41) is 11.3. The van der Waals surface area contributed by atoms with E-state index >= 15 is 0 Å². The van der Waals surface area contributed by atoms with Crippen LogP contribution in [0.25, 0.3) is 0 Å². The molecule has 1 heterocycles. The molecule has 1 N–H and O–H groups in total. The van der Waals surface area contributed by atoms with Gasteiger partial charge in [-0.2, -0.15) is 5.26 Å². The van der Waals surface area contributed by atoms with Crippen molar-refractivity contribution < 1.29 is 4.79 Å². The van der Waals surface area contributed by atoms with Gasteiger partial charge in [0.25, 0.3) is 5.91 Å². The molecule has 0 radical (unpaired) electrons. The number of carbonyl (C=O) groups is 1. The lowest BCUT2D eigenvalue weighted by atomic mass is 10.1. The number of nitrogens with one attached hydrogen (secondary N) is 1. The van der Waals surface area contributed by atoms with Gasteiger partial charge in [0.05, 0.1) is 11.9 Å². The van der Waals surface area contributed by atoms with Crippen LogP contribution < -0.4 is 10.2 Å². The highest BCUT2D eigenvalue weighted by Gasteiger charge is 2.05. The van der Waals surface area contributed by atoms with Crippen molar-refractivity contribution in [2.45, 2.75) is 6.54 Å². The number of anilines is 1. The molecule has 0 bridgehead atoms. The molecular formula is C16H16N4O. The van der Waals surface area contributed by atoms with Crippen LogP contribution >= 0.6 is 0 Å². The fourth-order valence-corrected chi connectivity index (χ4v) is 1.95. The van der Waals surface area contributed by atoms with Crippen molar-refractivity contribution in [1.82, 2.24) is 10.3 Å². The van der Waals surface area contributed by atoms with Crippen molar-refractivity contribution in [3.8, 4) is 6.07 Å². The van der Waals surface area contributed by atoms with Gasteiger partial charge < -0.3 is 10.2 Å². The largest absolute Gasteiger partial charge is 0.369 e. The Labute approximate surface area is 123 Å². The standard InChI is InChI=1S/C16H16N4O/c1-18-16(21)13-5-3-12(4-6-13)11-20(2)15-8-7-14(9-17)19-10-15/h3-8,10H,11H2,1-2H3,(H,18,21). The van der Waals surface area contributed by atoms with Crippen LogP contribution in [0.2, 0.25) is 0 Å². The number of benzene rings is 1. The summed E-state index contributed by atoms with van der Waals surface area (Å²) in [5.74, 6) is -0.0915. The summed E-state index contributed by atoms with van der Waals surface area (Å²) in [6.45, 7) is 0.696. The number of hydrogen-bond donors (Lipinski definition) is 1. The zero-order chi connectivity index (χ0) is 15.2. The van der Waals surface area contributed by atoms with E-state index in [4.69, 9.17) is 5.26 Å². The minimum atomic E-state index is -0.0915. The first-order valence-corrected chi connectivity index (χ1v) is 6.52. The van der Waals surface area contributed by atoms with Gasteiger partial charge in [-0.3, -0.25) is 4.79 Å². The Bertz CT molecular complexity index is 656. The number of pyridine rings is 1. The molecule has 0 saturated heterocycles. The molecule has 0 aliphatic heterocycles. The fourth-order valence-electron chi connectivity index (χ4n) is 1.95. The number of amides is 1. The Morgan fingerprint density at radius 1 is 1.29 bits per heavy atom. The van der Waals surface area contributed by atoms with Gasteiger partial charge in [-0.05, 0) is 29.8 Å². The quantitative estimate of drug-likeness (QED) is 0.929. The Kier molecular flexibility index (Phi) is 4.52. The molecule has 1 aromatic carbocycles. The topological polar surface area (TPSA) is 69.0 Å². The smallest absolute Gasteiger partial charge is 0.251 e. The lowest BCUT2D eigenvalue weighted by Gasteiger charge is -2.19. The highest BCUT2D eigenvalue weighted by atomic mass is 16.1. The first kappa shape index (κ1) is 14.5. The van der Waals surface area contributed by atoms with Crippen LogP contribution in [-0.2, 0) is 6.54 Å². The monoisotopic (exact) mass is 280 g/mol. The molecular weight excluding hydrogens is 264 g/mol. The van der Waals surface area contributed by atoms with Gasteiger partial charge in [0.15, 0.2) is 0 Å². The van der Waals surface area contributed by atoms with E-state index in [1.54, 1.807) is 31.4 Å². The van der Waals surface area contributed by atoms with E-state index in [1.165, 1.54) is 0 Å². The minimum absolute atomic E-state index is 0.0915. The van der Waals surface area contributed by atoms with E-state index in [1.807, 2.05) is 36.2 Å². The third-order valence-electron chi connectivity index (χ3n) is 3.17. The lowest BCUT2D eigenvalue weighted by Crippen LogP contribution is -2.18. The van der Waals surface area contributed by atoms with Gasteiger partial charge in [-0.15, -0.1) is 0 Å². The predicted molar refractivity (Wildman–Crippen MR) is 80.9 cm³/mol. The number of aromatic nitrogens is 1. The molecule has 2 aromatic rings. The van der Waals surface area contributed by atoms with Gasteiger partial charge in [0, 0.05) is 26.2 Å². The minimum Gasteiger partial charge on any atom is -0.369 e. The highest BCUT2D eigenvalue weighted by Crippen LogP contribution is 2.15. The summed E-state index contributed by atoms with van der Waals surface area (Å²) < 4.78 is 0. The van der Waals surface area contributed by atoms with Crippen LogP contribution in [0.5, 0.6) is 0 Å². The Morgan fingerprint density at radius 3 is 2.52 bits per heavy atom. The molecule has 5 nitrogen and oxygen atoms in total. The molecule has 0 aliphatic carbocycles. The Balaban J connectivity index is 2.06. The normalized spacial score (nSPS) is 9.76. The predicted octanol–water partition coefficient (Wildman–Crippen LogP) is 1.95. The van der Waals surface area contributed by atoms with Gasteiger partial charge in [0.1, 0.15) is 11.8 Å². The van der Waals surface area contributed by atoms with Crippen LogP contribution in [0.15, 0.2) is 42.6 Å². The van der Waals surface area contributed by atoms with E-state index in [0.717, 1.165) is 11.3 Å². The maximum Gasteiger partial charge on any atom is 0.251 e. The molecule has 0 saturated carbocycles. The molecule has 1 aromatic heterocycles. The molecule has 1 amide bonds. The number of carbonyl (C=O) groups excluding carboxylic acids is 1. The second kappa shape index (κ2) is 6.53. The van der Waals surface area contributed by atoms with E-state index in [9.17, 15) is 4.79 Å². The van der Waals surface area contributed by atoms with Crippen LogP contribution in [-0.4, -0.2) is 25.0 Å². The second-order valence-electron chi connectivity index (χ2n) is 4.65. The number of nitrogens with zero attached hydrogens (tertiary/aromatic N) is 3. The maximum atomic E-state index is 11.5. The molecule has 21 heavy (non-hydrogen) atoms. The van der Waals surface area contributed by atoms with Crippen LogP contribution in [0.3, 0.4) is 0 Å². The molecule has 2 rings (SSSR count). The van der Waals surface area contributed by atoms with Crippen molar-refractivity contribution in [2.75, 3.05) is 19.0 Å². The Hall–Kier alpha value is -2.87. The number of rotatable bonds is 4. The van der Waals surface area contributed by atoms with Crippen molar-refractivity contribution in [3.63, 3.8) is 0 Å². The maximum absolute atomic E-state index is 11.5. The summed E-state index contributed by atoms with van der Waals surface area (Å²) in [6, 6.07) is 13.0. The summed E-state index contributed by atoms with van der Waals surface area (Å²) in [4.78, 5) is 17.6. The molecule has 0 unspecified atom stereocenters. The summed E-state index contributed by atoms with van der Waals surface area (Å²) in [5.41, 5.74) is 3.07. The van der Waals surface area contributed by atoms with E-state index in [-0.39, 0.29) is 5.91 Å². The summed E-state index contributed by atoms with van der Waals surface area (Å²) >= 11 is 0. The molecule has 5 heteroatoms. The first-order valence-electron chi connectivity index (χ1n) is 6.52. The van der Waals surface area contributed by atoms with Crippen molar-refractivity contribution >= 4 is 11.6 Å². The average molecular weight is 280 g/mol. The summed E-state index contributed by atoms with van der Waals surface area (Å²) in [6.07, 6.45) is 1.68. The van der Waals surface area contributed by atoms with Crippen LogP contribution in [0, 0.1) is 11.3 Å². The highest BCUT2D eigenvalue weighted by molar-refractivity contribution is 5.93. The molecule has 106 valence electrons. The number of nitriles is 1. The van der Waals surface area contributed by atoms with Gasteiger partial charge in [-0.1, -0.05) is 12.1 Å². The van der Waals surface area contributed by atoms with E-state index in [0.29, 0.717) is 17.8 Å². The zero-order valence-electron chi connectivity index (χ0n) is 12.0. The SMILES string of the molecule is CNC(=O)c1ccc(CN(C)c2ccc(C#N)nc2)cc1. The van der Waals surface area contributed by atoms with Crippen LogP contribution in [0.1, 0.15) is 21.6 Å². The van der Waals surface area contributed by atoms with Gasteiger partial charge in [-0.25, -0.2) is 4.98 Å². The van der Waals surface area contributed by atoms with Crippen molar-refractivity contribution in [1.29, 1.82) is 5.26 Å². The fraction of sp³-hybridized carbons (Fsp3) is 0.188. The van der Waals surface area contributed by atoms with Crippen molar-refractivity contribution in [3.05, 3.63) is 59.4 Å². The van der Waals surface area contributed by atoms with Gasteiger partial charge >= 0.3 is 0 Å². The zero-order valence-corrected chi connectivity index (χ0v) is 12.0. The van der Waals surface area contributed by atoms with Crippen LogP contribution in [0.4, 0.5) is 5.69 Å². The lowest BCUT2D eigenvalue weighted by molar-refractivity contribution is 0.0963. The third-order valence-corrected chi connectivity index (χ3v) is 3.17. The first-order chi connectivity index (χ1) is 10.1. The molecule has 0 atom stereocenters. The Morgan fingerprint density at radius 2 is 2.00 bits per heavy atom. The molecule has 0 aliphatic rings. The van der Waals surface area contributed by atoms with Crippen molar-refractivity contribution in [2.24, 2.45) is 0 Å². The second-order valence-corrected chi connectivity index (χ2v) is 4.65. The third kappa shape index (κ3) is 3.57. The molecule has 0 fully saturated rings. The van der Waals surface area contributed by atoms with E-state index < -0.39 is 0 Å². The van der Waals surface area contributed by atoms with Gasteiger partial charge in [0.2, 0.25) is 0 Å².